The summed E-state index contributed by atoms with van der Waals surface area (Å²) in [7, 11) is 0. The average molecular weight is 436 g/mol. The highest BCUT2D eigenvalue weighted by Crippen LogP contribution is 2.50. The van der Waals surface area contributed by atoms with E-state index in [2.05, 4.69) is 30.1 Å². The molecule has 1 atom stereocenters. The molecule has 0 radical (unpaired) electrons. The van der Waals surface area contributed by atoms with Gasteiger partial charge in [0, 0.05) is 23.8 Å². The highest BCUT2D eigenvalue weighted by molar-refractivity contribution is 6.01. The van der Waals surface area contributed by atoms with Crippen molar-refractivity contribution in [2.24, 2.45) is 11.1 Å². The van der Waals surface area contributed by atoms with Crippen molar-refractivity contribution in [2.75, 3.05) is 4.90 Å². The van der Waals surface area contributed by atoms with Gasteiger partial charge in [0.05, 0.1) is 23.3 Å². The molecule has 5 rings (SSSR count). The molecule has 1 aliphatic carbocycles. The van der Waals surface area contributed by atoms with E-state index in [-0.39, 0.29) is 11.2 Å². The van der Waals surface area contributed by atoms with Crippen LogP contribution >= 0.6 is 0 Å². The van der Waals surface area contributed by atoms with Gasteiger partial charge >= 0.3 is 0 Å². The largest absolute Gasteiger partial charge is 0.384 e. The maximum absolute atomic E-state index is 13.5. The fourth-order valence-corrected chi connectivity index (χ4v) is 4.94. The number of aromatic nitrogens is 2. The van der Waals surface area contributed by atoms with Gasteiger partial charge in [0.2, 0.25) is 0 Å². The summed E-state index contributed by atoms with van der Waals surface area (Å²) in [6.07, 6.45) is 1.09. The van der Waals surface area contributed by atoms with Crippen LogP contribution in [-0.4, -0.2) is 16.0 Å². The second kappa shape index (κ2) is 7.79. The quantitative estimate of drug-likeness (QED) is 0.602. The van der Waals surface area contributed by atoms with E-state index in [1.807, 2.05) is 66.7 Å². The van der Waals surface area contributed by atoms with Gasteiger partial charge < -0.3 is 5.73 Å². The Bertz CT molecular complexity index is 1330. The maximum atomic E-state index is 13.5. The van der Waals surface area contributed by atoms with Crippen LogP contribution in [0.4, 0.5) is 5.82 Å². The maximum Gasteiger partial charge on any atom is 0.162 e. The van der Waals surface area contributed by atoms with Gasteiger partial charge in [-0.2, -0.15) is 10.4 Å². The van der Waals surface area contributed by atoms with Crippen LogP contribution < -0.4 is 10.6 Å². The summed E-state index contributed by atoms with van der Waals surface area (Å²) in [5, 5.41) is 17.8. The molecule has 3 aromatic rings. The Balaban J connectivity index is 1.71. The number of hydrogen-bond acceptors (Lipinski definition) is 5. The average Bonchev–Trinajstić information content (AvgIpc) is 3.28. The Labute approximate surface area is 193 Å². The van der Waals surface area contributed by atoms with Crippen LogP contribution in [0.5, 0.6) is 0 Å². The highest BCUT2D eigenvalue weighted by Gasteiger charge is 2.45. The predicted molar refractivity (Wildman–Crippen MR) is 128 cm³/mol. The second-order valence-electron chi connectivity index (χ2n) is 9.40. The second-order valence-corrected chi connectivity index (χ2v) is 9.40. The van der Waals surface area contributed by atoms with Crippen LogP contribution in [0.3, 0.4) is 0 Å². The molecule has 0 saturated carbocycles. The van der Waals surface area contributed by atoms with Crippen LogP contribution in [0.2, 0.25) is 0 Å². The number of H-pyrrole nitrogens is 1. The van der Waals surface area contributed by atoms with Crippen molar-refractivity contribution in [1.29, 1.82) is 5.26 Å². The van der Waals surface area contributed by atoms with Crippen LogP contribution in [0.15, 0.2) is 89.4 Å². The molecule has 0 amide bonds. The Morgan fingerprint density at radius 3 is 2.42 bits per heavy atom. The van der Waals surface area contributed by atoms with Gasteiger partial charge in [0.25, 0.3) is 0 Å². The first-order valence-corrected chi connectivity index (χ1v) is 11.0. The van der Waals surface area contributed by atoms with Crippen molar-refractivity contribution < 1.29 is 4.79 Å². The summed E-state index contributed by atoms with van der Waals surface area (Å²) < 4.78 is 0. The van der Waals surface area contributed by atoms with Crippen molar-refractivity contribution in [2.45, 2.75) is 32.6 Å². The molecular formula is C27H25N5O. The van der Waals surface area contributed by atoms with Gasteiger partial charge in [-0.3, -0.25) is 14.8 Å². The number of nitrogens with one attached hydrogen (secondary N) is 1. The molecule has 1 aromatic heterocycles. The normalized spacial score (nSPS) is 20.0. The Morgan fingerprint density at radius 1 is 1.09 bits per heavy atom. The number of nitriles is 1. The van der Waals surface area contributed by atoms with Crippen molar-refractivity contribution in [1.82, 2.24) is 10.2 Å². The van der Waals surface area contributed by atoms with Gasteiger partial charge in [-0.15, -0.1) is 0 Å². The highest BCUT2D eigenvalue weighted by atomic mass is 16.1. The molecule has 2 aromatic carbocycles. The van der Waals surface area contributed by atoms with Crippen LogP contribution in [-0.2, 0) is 4.79 Å². The molecule has 0 bridgehead atoms. The van der Waals surface area contributed by atoms with Crippen molar-refractivity contribution in [3.63, 3.8) is 0 Å². The van der Waals surface area contributed by atoms with Gasteiger partial charge in [-0.25, -0.2) is 0 Å². The Hall–Kier alpha value is -4.11. The summed E-state index contributed by atoms with van der Waals surface area (Å²) in [6, 6.07) is 23.8. The van der Waals surface area contributed by atoms with Crippen LogP contribution in [0.1, 0.15) is 38.2 Å². The molecule has 33 heavy (non-hydrogen) atoms. The number of aromatic amines is 1. The van der Waals surface area contributed by atoms with Crippen LogP contribution in [0.25, 0.3) is 11.3 Å². The van der Waals surface area contributed by atoms with E-state index < -0.39 is 5.92 Å². The third-order valence-electron chi connectivity index (χ3n) is 6.39. The number of nitrogens with two attached hydrogens (primary N) is 1. The summed E-state index contributed by atoms with van der Waals surface area (Å²) in [4.78, 5) is 15.3. The fraction of sp³-hybridized carbons (Fsp3) is 0.222. The minimum Gasteiger partial charge on any atom is -0.384 e. The smallest absolute Gasteiger partial charge is 0.162 e. The number of anilines is 1. The lowest BCUT2D eigenvalue weighted by molar-refractivity contribution is -0.118. The van der Waals surface area contributed by atoms with Gasteiger partial charge in [-0.05, 0) is 23.0 Å². The molecule has 3 N–H and O–H groups in total. The van der Waals surface area contributed by atoms with Gasteiger partial charge in [-0.1, -0.05) is 74.5 Å². The zero-order valence-corrected chi connectivity index (χ0v) is 18.7. The number of ketones is 1. The molecule has 6 heteroatoms. The molecule has 0 spiro atoms. The SMILES string of the molecule is CC1(C)CC(=O)C2=C(C1)N(c1cc(-c3ccccc3)[nH]n1)C(N)=C(C#N)C2c1ccccc1. The first-order valence-electron chi connectivity index (χ1n) is 11.0. The topological polar surface area (TPSA) is 98.8 Å². The zero-order chi connectivity index (χ0) is 23.2. The van der Waals surface area contributed by atoms with Crippen molar-refractivity contribution >= 4 is 11.6 Å². The number of carbonyl (C=O) groups is 1. The summed E-state index contributed by atoms with van der Waals surface area (Å²) in [5.74, 6) is 0.475. The van der Waals surface area contributed by atoms with Crippen LogP contribution in [0, 0.1) is 16.7 Å². The predicted octanol–water partition coefficient (Wildman–Crippen LogP) is 5.02. The lowest BCUT2D eigenvalue weighted by atomic mass is 9.68. The number of rotatable bonds is 3. The molecule has 0 saturated heterocycles. The molecule has 1 aliphatic heterocycles. The summed E-state index contributed by atoms with van der Waals surface area (Å²) in [6.45, 7) is 4.17. The first-order chi connectivity index (χ1) is 15.9. The number of carbonyl (C=O) groups excluding carboxylic acids is 1. The minimum absolute atomic E-state index is 0.0548. The molecule has 2 aliphatic rings. The summed E-state index contributed by atoms with van der Waals surface area (Å²) in [5.41, 5.74) is 11.0. The standard InChI is InChI=1S/C27H25N5O/c1-27(2)14-21-25(22(33)15-27)24(18-11-7-4-8-12-18)19(16-28)26(29)32(21)23-13-20(30-31-23)17-9-5-3-6-10-17/h3-13,24H,14-15,29H2,1-2H3,(H,30,31). The minimum atomic E-state index is -0.474. The van der Waals surface area contributed by atoms with E-state index in [1.54, 1.807) is 4.90 Å². The van der Waals surface area contributed by atoms with E-state index >= 15 is 0 Å². The first kappa shape index (κ1) is 20.8. The molecular weight excluding hydrogens is 410 g/mol. The third kappa shape index (κ3) is 3.52. The van der Waals surface area contributed by atoms with E-state index in [9.17, 15) is 10.1 Å². The van der Waals surface area contributed by atoms with Gasteiger partial charge in [0.15, 0.2) is 11.6 Å². The monoisotopic (exact) mass is 435 g/mol. The lowest BCUT2D eigenvalue weighted by Crippen LogP contribution is -2.42. The Morgan fingerprint density at radius 2 is 1.76 bits per heavy atom. The van der Waals surface area contributed by atoms with E-state index in [4.69, 9.17) is 5.73 Å². The zero-order valence-electron chi connectivity index (χ0n) is 18.7. The Kier molecular flexibility index (Phi) is 4.90. The number of allylic oxidation sites excluding steroid dienone is 3. The summed E-state index contributed by atoms with van der Waals surface area (Å²) >= 11 is 0. The van der Waals surface area contributed by atoms with Crippen molar-refractivity contribution in [3.8, 4) is 17.3 Å². The third-order valence-corrected chi connectivity index (χ3v) is 6.39. The number of nitrogens with zero attached hydrogens (tertiary/aromatic N) is 3. The molecule has 1 unspecified atom stereocenters. The van der Waals surface area contributed by atoms with E-state index in [0.717, 1.165) is 22.5 Å². The molecule has 2 heterocycles. The van der Waals surface area contributed by atoms with E-state index in [0.29, 0.717) is 35.6 Å². The van der Waals surface area contributed by atoms with E-state index in [1.165, 1.54) is 0 Å². The fourth-order valence-electron chi connectivity index (χ4n) is 4.94. The lowest BCUT2D eigenvalue weighted by Gasteiger charge is -2.42. The van der Waals surface area contributed by atoms with Gasteiger partial charge in [0.1, 0.15) is 5.82 Å². The molecule has 6 nitrogen and oxygen atoms in total. The molecule has 0 fully saturated rings. The number of benzene rings is 2. The van der Waals surface area contributed by atoms with Crippen molar-refractivity contribution in [3.05, 3.63) is 95.0 Å². The number of hydrogen-bond donors (Lipinski definition) is 2. The molecule has 164 valence electrons. The number of Topliss-reactive ketones (excluding diaryl/α,β-unsaturated/α-hetero) is 1.